The van der Waals surface area contributed by atoms with Gasteiger partial charge >= 0.3 is 0 Å². The number of benzene rings is 4. The topological polar surface area (TPSA) is 74.9 Å². The fourth-order valence-electron chi connectivity index (χ4n) is 4.94. The Morgan fingerprint density at radius 1 is 0.933 bits per heavy atom. The largest absolute Gasteiger partial charge is 0.494 e. The van der Waals surface area contributed by atoms with Crippen molar-refractivity contribution < 1.29 is 14.2 Å². The molecule has 7 nitrogen and oxygen atoms in total. The highest BCUT2D eigenvalue weighted by molar-refractivity contribution is 6.42. The highest BCUT2D eigenvalue weighted by Crippen LogP contribution is 2.37. The lowest BCUT2D eigenvalue weighted by molar-refractivity contribution is 0.284. The first-order valence-corrected chi connectivity index (χ1v) is 15.5. The van der Waals surface area contributed by atoms with Gasteiger partial charge in [0.25, 0.3) is 5.56 Å². The normalized spacial score (nSPS) is 11.5. The van der Waals surface area contributed by atoms with Crippen molar-refractivity contribution in [3.8, 4) is 28.6 Å². The second-order valence-corrected chi connectivity index (χ2v) is 11.9. The van der Waals surface area contributed by atoms with Crippen LogP contribution in [-0.2, 0) is 6.61 Å². The molecule has 4 aromatic carbocycles. The van der Waals surface area contributed by atoms with Crippen LogP contribution in [0.1, 0.15) is 48.9 Å². The molecular weight excluding hydrogens is 633 g/mol. The van der Waals surface area contributed by atoms with E-state index in [-0.39, 0.29) is 18.1 Å². The zero-order valence-corrected chi connectivity index (χ0v) is 27.8. The minimum Gasteiger partial charge on any atom is -0.494 e. The maximum Gasteiger partial charge on any atom is 0.282 e. The van der Waals surface area contributed by atoms with Gasteiger partial charge in [-0.05, 0) is 90.6 Å². The smallest absolute Gasteiger partial charge is 0.282 e. The second-order valence-electron chi connectivity index (χ2n) is 10.7. The van der Waals surface area contributed by atoms with Crippen LogP contribution < -0.4 is 19.8 Å². The first kappa shape index (κ1) is 32.4. The van der Waals surface area contributed by atoms with E-state index in [0.29, 0.717) is 55.5 Å². The van der Waals surface area contributed by atoms with Crippen molar-refractivity contribution in [1.82, 2.24) is 9.66 Å². The van der Waals surface area contributed by atoms with Crippen molar-refractivity contribution in [3.63, 3.8) is 0 Å². The summed E-state index contributed by atoms with van der Waals surface area (Å²) in [5.41, 5.74) is 4.39. The summed E-state index contributed by atoms with van der Waals surface area (Å²) < 4.78 is 18.8. The molecule has 0 amide bonds. The van der Waals surface area contributed by atoms with E-state index in [1.54, 1.807) is 42.6 Å². The van der Waals surface area contributed by atoms with Crippen LogP contribution >= 0.6 is 34.8 Å². The van der Waals surface area contributed by atoms with E-state index >= 15 is 0 Å². The molecule has 0 aliphatic rings. The average Bonchev–Trinajstić information content (AvgIpc) is 3.01. The number of hydrogen-bond acceptors (Lipinski definition) is 6. The molecule has 0 fully saturated rings. The fourth-order valence-corrected chi connectivity index (χ4v) is 5.53. The number of hydrogen-bond donors (Lipinski definition) is 0. The van der Waals surface area contributed by atoms with Gasteiger partial charge in [-0.1, -0.05) is 66.8 Å². The molecule has 0 bridgehead atoms. The van der Waals surface area contributed by atoms with Crippen LogP contribution in [0.5, 0.6) is 17.2 Å². The third-order valence-electron chi connectivity index (χ3n) is 7.21. The molecule has 232 valence electrons. The van der Waals surface area contributed by atoms with Crippen LogP contribution in [0.4, 0.5) is 0 Å². The SMILES string of the molecule is CCOc1cc(C)c(-c2nc3ccccc3c(=O)n2N=Cc2cc(Cl)c(OCc3ccc(Cl)c(Cl)c3)c(OC)c2)cc1C(C)C. The Balaban J connectivity index is 1.57. The van der Waals surface area contributed by atoms with Crippen molar-refractivity contribution in [3.05, 3.63) is 114 Å². The maximum atomic E-state index is 13.8. The lowest BCUT2D eigenvalue weighted by Gasteiger charge is -2.18. The average molecular weight is 665 g/mol. The number of halogens is 3. The molecule has 10 heteroatoms. The predicted octanol–water partition coefficient (Wildman–Crippen LogP) is 9.32. The highest BCUT2D eigenvalue weighted by atomic mass is 35.5. The number of rotatable bonds is 10. The summed E-state index contributed by atoms with van der Waals surface area (Å²) in [4.78, 5) is 18.8. The fraction of sp³-hybridized carbons (Fsp3) is 0.229. The number of aromatic nitrogens is 2. The zero-order valence-electron chi connectivity index (χ0n) is 25.5. The molecule has 0 aliphatic heterocycles. The molecule has 0 atom stereocenters. The van der Waals surface area contributed by atoms with E-state index in [1.165, 1.54) is 11.8 Å². The first-order valence-electron chi connectivity index (χ1n) is 14.4. The number of para-hydroxylation sites is 1. The number of nitrogens with zero attached hydrogens (tertiary/aromatic N) is 3. The summed E-state index contributed by atoms with van der Waals surface area (Å²) in [5, 5.41) is 6.29. The van der Waals surface area contributed by atoms with Gasteiger partial charge in [-0.15, -0.1) is 0 Å². The Morgan fingerprint density at radius 3 is 2.42 bits per heavy atom. The van der Waals surface area contributed by atoms with Gasteiger partial charge in [0.15, 0.2) is 17.3 Å². The molecule has 0 aliphatic carbocycles. The van der Waals surface area contributed by atoms with Crippen molar-refractivity contribution in [2.45, 2.75) is 40.2 Å². The third-order valence-corrected chi connectivity index (χ3v) is 8.23. The molecule has 1 heterocycles. The molecule has 0 saturated carbocycles. The number of aryl methyl sites for hydroxylation is 1. The summed E-state index contributed by atoms with van der Waals surface area (Å²) in [6, 6.07) is 19.9. The molecule has 0 saturated heterocycles. The molecule has 1 aromatic heterocycles. The second kappa shape index (κ2) is 13.9. The number of ether oxygens (including phenoxy) is 3. The Morgan fingerprint density at radius 2 is 1.71 bits per heavy atom. The van der Waals surface area contributed by atoms with E-state index in [0.717, 1.165) is 28.0 Å². The zero-order chi connectivity index (χ0) is 32.2. The molecule has 5 rings (SSSR count). The first-order chi connectivity index (χ1) is 21.6. The minimum absolute atomic E-state index is 0.182. The Kier molecular flexibility index (Phi) is 10.0. The molecule has 0 spiro atoms. The van der Waals surface area contributed by atoms with E-state index in [1.807, 2.05) is 44.2 Å². The number of methoxy groups -OCH3 is 1. The van der Waals surface area contributed by atoms with Crippen molar-refractivity contribution >= 4 is 51.9 Å². The number of fused-ring (bicyclic) bond motifs is 1. The van der Waals surface area contributed by atoms with Crippen molar-refractivity contribution in [1.29, 1.82) is 0 Å². The van der Waals surface area contributed by atoms with E-state index < -0.39 is 0 Å². The van der Waals surface area contributed by atoms with Gasteiger partial charge in [-0.3, -0.25) is 4.79 Å². The molecule has 0 radical (unpaired) electrons. The van der Waals surface area contributed by atoms with Crippen LogP contribution in [-0.4, -0.2) is 29.6 Å². The molecule has 45 heavy (non-hydrogen) atoms. The van der Waals surface area contributed by atoms with Crippen molar-refractivity contribution in [2.24, 2.45) is 5.10 Å². The molecule has 0 N–H and O–H groups in total. The monoisotopic (exact) mass is 663 g/mol. The lowest BCUT2D eigenvalue weighted by atomic mass is 9.96. The molecular formula is C35H32Cl3N3O4. The minimum atomic E-state index is -0.300. The van der Waals surface area contributed by atoms with Crippen LogP contribution in [0.25, 0.3) is 22.3 Å². The van der Waals surface area contributed by atoms with E-state index in [4.69, 9.17) is 54.0 Å². The van der Waals surface area contributed by atoms with Gasteiger partial charge < -0.3 is 14.2 Å². The summed E-state index contributed by atoms with van der Waals surface area (Å²) >= 11 is 18.8. The van der Waals surface area contributed by atoms with Gasteiger partial charge in [0.2, 0.25) is 0 Å². The quantitative estimate of drug-likeness (QED) is 0.139. The summed E-state index contributed by atoms with van der Waals surface area (Å²) in [6.45, 7) is 8.88. The van der Waals surface area contributed by atoms with Gasteiger partial charge in [0.1, 0.15) is 12.4 Å². The summed E-state index contributed by atoms with van der Waals surface area (Å²) in [5.74, 6) is 2.17. The van der Waals surface area contributed by atoms with Gasteiger partial charge in [-0.25, -0.2) is 4.98 Å². The van der Waals surface area contributed by atoms with E-state index in [2.05, 4.69) is 18.9 Å². The Labute approximate surface area is 276 Å². The standard InChI is InChI=1S/C35H32Cl3N3O4/c1-6-44-31-13-21(4)26(17-25(31)20(2)3)34-40-30-10-8-7-9-24(30)35(42)41(34)39-18-23-15-29(38)33(32(16-23)43-5)45-19-22-11-12-27(36)28(37)14-22/h7-18,20H,6,19H2,1-5H3. The molecule has 0 unspecified atom stereocenters. The van der Waals surface area contributed by atoms with Crippen LogP contribution in [0, 0.1) is 6.92 Å². The third kappa shape index (κ3) is 6.96. The predicted molar refractivity (Wildman–Crippen MR) is 183 cm³/mol. The van der Waals surface area contributed by atoms with Gasteiger partial charge in [-0.2, -0.15) is 9.78 Å². The van der Waals surface area contributed by atoms with Crippen molar-refractivity contribution in [2.75, 3.05) is 13.7 Å². The van der Waals surface area contributed by atoms with Gasteiger partial charge in [0, 0.05) is 5.56 Å². The van der Waals surface area contributed by atoms with Crippen LogP contribution in [0.15, 0.2) is 76.6 Å². The summed E-state index contributed by atoms with van der Waals surface area (Å²) in [7, 11) is 1.52. The molecule has 5 aromatic rings. The van der Waals surface area contributed by atoms with Gasteiger partial charge in [0.05, 0.1) is 45.9 Å². The highest BCUT2D eigenvalue weighted by Gasteiger charge is 2.19. The van der Waals surface area contributed by atoms with Crippen LogP contribution in [0.3, 0.4) is 0 Å². The lowest BCUT2D eigenvalue weighted by Crippen LogP contribution is -2.21. The Bertz CT molecular complexity index is 1970. The van der Waals surface area contributed by atoms with E-state index in [9.17, 15) is 4.79 Å². The van der Waals surface area contributed by atoms with Crippen LogP contribution in [0.2, 0.25) is 15.1 Å². The Hall–Kier alpha value is -4.04. The maximum absolute atomic E-state index is 13.8. The summed E-state index contributed by atoms with van der Waals surface area (Å²) in [6.07, 6.45) is 1.55.